The fourth-order valence-corrected chi connectivity index (χ4v) is 3.46. The molecule has 0 aromatic heterocycles. The number of nitrogens with one attached hydrogen (secondary N) is 1. The summed E-state index contributed by atoms with van der Waals surface area (Å²) < 4.78 is 15.6. The predicted octanol–water partition coefficient (Wildman–Crippen LogP) is 5.84. The Morgan fingerprint density at radius 2 is 1.77 bits per heavy atom. The van der Waals surface area contributed by atoms with Crippen LogP contribution in [0.3, 0.4) is 0 Å². The number of hydrogen-bond acceptors (Lipinski definition) is 4. The molecule has 0 heterocycles. The molecule has 0 saturated heterocycles. The first-order valence-electron chi connectivity index (χ1n) is 10.3. The van der Waals surface area contributed by atoms with E-state index in [-0.39, 0.29) is 5.57 Å². The van der Waals surface area contributed by atoms with E-state index in [1.54, 1.807) is 37.4 Å². The van der Waals surface area contributed by atoms with Crippen molar-refractivity contribution in [2.75, 3.05) is 10.5 Å². The van der Waals surface area contributed by atoms with E-state index >= 15 is 0 Å². The Morgan fingerprint density at radius 1 is 1.13 bits per heavy atom. The van der Waals surface area contributed by atoms with Crippen LogP contribution in [-0.4, -0.2) is 21.5 Å². The van der Waals surface area contributed by atoms with Crippen LogP contribution in [0.25, 0.3) is 0 Å². The van der Waals surface area contributed by atoms with Crippen molar-refractivity contribution < 1.29 is 14.1 Å². The number of nitrogens with two attached hydrogens (primary N) is 1. The van der Waals surface area contributed by atoms with E-state index in [1.165, 1.54) is 6.08 Å². The minimum absolute atomic E-state index is 0.214. The van der Waals surface area contributed by atoms with Crippen molar-refractivity contribution in [3.8, 4) is 0 Å². The molecule has 7 heteroatoms. The molecule has 0 aliphatic rings. The number of nitrogens with zero attached hydrogens (tertiary/aromatic N) is 1. The number of carboxylic acid groups (broad SMARTS) is 1. The first kappa shape index (κ1) is 25.8. The molecule has 0 amide bonds. The summed E-state index contributed by atoms with van der Waals surface area (Å²) in [5, 5.41) is 9.21. The smallest absolute Gasteiger partial charge is 0.331 e. The zero-order valence-corrected chi connectivity index (χ0v) is 19.3. The monoisotopic (exact) mass is 441 g/mol. The molecule has 0 aliphatic carbocycles. The number of nitrogen functional groups attached to an aromatic ring is 1. The molecule has 0 bridgehead atoms. The number of aliphatic imine (C=N–C) groups is 1. The van der Waals surface area contributed by atoms with Gasteiger partial charge < -0.3 is 15.6 Å². The number of aliphatic carboxylic acids is 1. The SMILES string of the molecule is CC.CC/C=C(\C=C(/CC)C(=O)O)S(=O)Nc1ccc(C=Nc2ccccc2N)cc1. The van der Waals surface area contributed by atoms with Crippen molar-refractivity contribution in [2.45, 2.75) is 40.5 Å². The molecule has 0 saturated carbocycles. The maximum absolute atomic E-state index is 12.7. The second-order valence-electron chi connectivity index (χ2n) is 6.15. The van der Waals surface area contributed by atoms with Crippen molar-refractivity contribution in [1.29, 1.82) is 0 Å². The van der Waals surface area contributed by atoms with Crippen LogP contribution in [0, 0.1) is 0 Å². The zero-order chi connectivity index (χ0) is 23.2. The molecule has 0 radical (unpaired) electrons. The van der Waals surface area contributed by atoms with Gasteiger partial charge in [0.2, 0.25) is 0 Å². The van der Waals surface area contributed by atoms with Crippen LogP contribution in [0.15, 0.2) is 76.2 Å². The van der Waals surface area contributed by atoms with Gasteiger partial charge in [0, 0.05) is 17.5 Å². The van der Waals surface area contributed by atoms with Gasteiger partial charge in [-0.3, -0.25) is 4.99 Å². The molecule has 2 rings (SSSR count). The quantitative estimate of drug-likeness (QED) is 0.197. The van der Waals surface area contributed by atoms with Crippen LogP contribution in [0.4, 0.5) is 17.1 Å². The normalized spacial score (nSPS) is 12.8. The molecule has 0 spiro atoms. The van der Waals surface area contributed by atoms with E-state index in [4.69, 9.17) is 5.73 Å². The van der Waals surface area contributed by atoms with Crippen molar-refractivity contribution in [1.82, 2.24) is 0 Å². The van der Waals surface area contributed by atoms with Crippen molar-refractivity contribution in [3.63, 3.8) is 0 Å². The molecule has 2 aromatic carbocycles. The lowest BCUT2D eigenvalue weighted by Crippen LogP contribution is -2.08. The number of carbonyl (C=O) groups is 1. The summed E-state index contributed by atoms with van der Waals surface area (Å²) in [4.78, 5) is 16.1. The predicted molar refractivity (Wildman–Crippen MR) is 132 cm³/mol. The van der Waals surface area contributed by atoms with Gasteiger partial charge in [-0.25, -0.2) is 9.00 Å². The highest BCUT2D eigenvalue weighted by atomic mass is 32.2. The average Bonchev–Trinajstić information content (AvgIpc) is 2.78. The van der Waals surface area contributed by atoms with E-state index in [0.717, 1.165) is 5.56 Å². The molecule has 1 unspecified atom stereocenters. The molecule has 0 aliphatic heterocycles. The molecule has 4 N–H and O–H groups in total. The number of para-hydroxylation sites is 2. The number of rotatable bonds is 9. The lowest BCUT2D eigenvalue weighted by molar-refractivity contribution is -0.132. The molecular weight excluding hydrogens is 410 g/mol. The third-order valence-electron chi connectivity index (χ3n) is 4.00. The highest BCUT2D eigenvalue weighted by molar-refractivity contribution is 7.90. The largest absolute Gasteiger partial charge is 0.478 e. The Hall–Kier alpha value is -3.19. The second-order valence-corrected chi connectivity index (χ2v) is 7.37. The lowest BCUT2D eigenvalue weighted by Gasteiger charge is -2.08. The Labute approximate surface area is 187 Å². The standard InChI is InChI=1S/C22H25N3O3S.C2H6/c1-3-7-19(14-17(4-2)22(26)27)29(28)25-18-12-10-16(11-13-18)15-24-21-9-6-5-8-20(21)23;1-2/h5-15,25H,3-4,23H2,1-2H3,(H,26,27);1-2H3/b17-14+,19-7+,24-15?;. The molecule has 31 heavy (non-hydrogen) atoms. The molecule has 6 nitrogen and oxygen atoms in total. The first-order chi connectivity index (χ1) is 14.9. The van der Waals surface area contributed by atoms with Crippen LogP contribution in [-0.2, 0) is 15.8 Å². The van der Waals surface area contributed by atoms with Gasteiger partial charge in [0.25, 0.3) is 0 Å². The Morgan fingerprint density at radius 3 is 2.32 bits per heavy atom. The van der Waals surface area contributed by atoms with E-state index in [0.29, 0.717) is 34.8 Å². The summed E-state index contributed by atoms with van der Waals surface area (Å²) in [6, 6.07) is 14.6. The Bertz CT molecular complexity index is 964. The van der Waals surface area contributed by atoms with Gasteiger partial charge in [0.15, 0.2) is 0 Å². The highest BCUT2D eigenvalue weighted by Gasteiger charge is 2.10. The molecular formula is C24H31N3O3S. The zero-order valence-electron chi connectivity index (χ0n) is 18.5. The first-order valence-corrected chi connectivity index (χ1v) is 11.4. The highest BCUT2D eigenvalue weighted by Crippen LogP contribution is 2.21. The summed E-state index contributed by atoms with van der Waals surface area (Å²) in [6.45, 7) is 7.66. The summed E-state index contributed by atoms with van der Waals surface area (Å²) in [6.07, 6.45) is 5.94. The fraction of sp³-hybridized carbons (Fsp3) is 0.250. The molecule has 1 atom stereocenters. The topological polar surface area (TPSA) is 105 Å². The van der Waals surface area contributed by atoms with Gasteiger partial charge >= 0.3 is 5.97 Å². The fourth-order valence-electron chi connectivity index (χ4n) is 2.43. The summed E-state index contributed by atoms with van der Waals surface area (Å²) >= 11 is 0. The minimum atomic E-state index is -1.57. The number of carboxylic acids is 1. The van der Waals surface area contributed by atoms with E-state index in [9.17, 15) is 14.1 Å². The van der Waals surface area contributed by atoms with E-state index in [2.05, 4.69) is 9.71 Å². The Balaban J connectivity index is 0.00000233. The number of allylic oxidation sites excluding steroid dienone is 2. The van der Waals surface area contributed by atoms with Crippen LogP contribution >= 0.6 is 0 Å². The van der Waals surface area contributed by atoms with Gasteiger partial charge in [-0.15, -0.1) is 0 Å². The number of hydrogen-bond donors (Lipinski definition) is 3. The van der Waals surface area contributed by atoms with Crippen LogP contribution < -0.4 is 10.5 Å². The van der Waals surface area contributed by atoms with Gasteiger partial charge in [0.1, 0.15) is 11.0 Å². The average molecular weight is 442 g/mol. The summed E-state index contributed by atoms with van der Waals surface area (Å²) in [5.41, 5.74) is 8.92. The maximum Gasteiger partial charge on any atom is 0.331 e. The van der Waals surface area contributed by atoms with Gasteiger partial charge in [0.05, 0.1) is 16.3 Å². The van der Waals surface area contributed by atoms with Gasteiger partial charge in [-0.1, -0.05) is 58.0 Å². The third kappa shape index (κ3) is 8.60. The van der Waals surface area contributed by atoms with Crippen LogP contribution in [0.5, 0.6) is 0 Å². The van der Waals surface area contributed by atoms with Crippen LogP contribution in [0.1, 0.15) is 46.1 Å². The third-order valence-corrected chi connectivity index (χ3v) is 5.14. The van der Waals surface area contributed by atoms with Crippen molar-refractivity contribution in [3.05, 3.63) is 76.7 Å². The molecule has 2 aromatic rings. The maximum atomic E-state index is 12.7. The van der Waals surface area contributed by atoms with Crippen molar-refractivity contribution in [2.24, 2.45) is 4.99 Å². The van der Waals surface area contributed by atoms with Crippen LogP contribution in [0.2, 0.25) is 0 Å². The van der Waals surface area contributed by atoms with Crippen molar-refractivity contribution >= 4 is 40.2 Å². The molecule has 0 fully saturated rings. The van der Waals surface area contributed by atoms with E-state index < -0.39 is 17.0 Å². The Kier molecular flexibility index (Phi) is 11.6. The minimum Gasteiger partial charge on any atom is -0.478 e. The summed E-state index contributed by atoms with van der Waals surface area (Å²) in [5.74, 6) is -1.01. The molecule has 166 valence electrons. The summed E-state index contributed by atoms with van der Waals surface area (Å²) in [7, 11) is -1.57. The van der Waals surface area contributed by atoms with Gasteiger partial charge in [-0.2, -0.15) is 0 Å². The number of anilines is 2. The number of benzene rings is 2. The van der Waals surface area contributed by atoms with Gasteiger partial charge in [-0.05, 0) is 48.7 Å². The second kappa shape index (κ2) is 13.9. The van der Waals surface area contributed by atoms with E-state index in [1.807, 2.05) is 51.1 Å². The lowest BCUT2D eigenvalue weighted by atomic mass is 10.2.